The molecule has 28 heavy (non-hydrogen) atoms. The molecule has 0 heterocycles. The fraction of sp³-hybridized carbons (Fsp3) is 0.348. The van der Waals surface area contributed by atoms with Crippen LogP contribution in [-0.2, 0) is 11.2 Å². The highest BCUT2D eigenvalue weighted by Gasteiger charge is 2.05. The Bertz CT molecular complexity index is 769. The van der Waals surface area contributed by atoms with E-state index in [2.05, 4.69) is 12.2 Å². The normalized spacial score (nSPS) is 10.8. The van der Waals surface area contributed by atoms with Gasteiger partial charge in [-0.1, -0.05) is 38.0 Å². The molecule has 0 atom stereocenters. The number of hydrogen-bond acceptors (Lipinski definition) is 4. The molecule has 0 aliphatic carbocycles. The summed E-state index contributed by atoms with van der Waals surface area (Å²) in [5.41, 5.74) is 1.92. The summed E-state index contributed by atoms with van der Waals surface area (Å²) in [6.07, 6.45) is 7.28. The molecule has 5 nitrogen and oxygen atoms in total. The highest BCUT2D eigenvalue weighted by molar-refractivity contribution is 5.91. The Morgan fingerprint density at radius 1 is 1.11 bits per heavy atom. The molecule has 0 unspecified atom stereocenters. The second kappa shape index (κ2) is 11.7. The van der Waals surface area contributed by atoms with E-state index in [-0.39, 0.29) is 11.7 Å². The molecular formula is C23H29NO4. The molecule has 150 valence electrons. The predicted molar refractivity (Wildman–Crippen MR) is 112 cm³/mol. The number of phenolic OH excluding ortho intramolecular Hbond substituents is 1. The Hall–Kier alpha value is -2.95. The number of methoxy groups -OCH3 is 1. The number of rotatable bonds is 11. The minimum Gasteiger partial charge on any atom is -0.508 e. The molecule has 0 bridgehead atoms. The van der Waals surface area contributed by atoms with Gasteiger partial charge < -0.3 is 19.9 Å². The SMILES string of the molecule is CCCCCOc1ccc(C=CC(=O)NCCc2ccc(O)cc2)cc1OC. The zero-order chi connectivity index (χ0) is 20.2. The van der Waals surface area contributed by atoms with Crippen LogP contribution in [0.1, 0.15) is 37.3 Å². The van der Waals surface area contributed by atoms with Crippen molar-refractivity contribution in [1.82, 2.24) is 5.32 Å². The van der Waals surface area contributed by atoms with Gasteiger partial charge in [0.2, 0.25) is 5.91 Å². The van der Waals surface area contributed by atoms with Gasteiger partial charge in [-0.2, -0.15) is 0 Å². The van der Waals surface area contributed by atoms with Crippen molar-refractivity contribution >= 4 is 12.0 Å². The molecular weight excluding hydrogens is 354 g/mol. The maximum absolute atomic E-state index is 12.0. The summed E-state index contributed by atoms with van der Waals surface area (Å²) in [5, 5.41) is 12.1. The summed E-state index contributed by atoms with van der Waals surface area (Å²) in [5.74, 6) is 1.46. The zero-order valence-corrected chi connectivity index (χ0v) is 16.6. The standard InChI is InChI=1S/C23H29NO4/c1-3-4-5-16-28-21-12-8-19(17-22(21)27-2)9-13-23(26)24-15-14-18-6-10-20(25)11-7-18/h6-13,17,25H,3-5,14-16H2,1-2H3,(H,24,26). The number of carbonyl (C=O) groups is 1. The summed E-state index contributed by atoms with van der Waals surface area (Å²) in [6, 6.07) is 12.6. The molecule has 0 radical (unpaired) electrons. The molecule has 0 fully saturated rings. The van der Waals surface area contributed by atoms with E-state index >= 15 is 0 Å². The van der Waals surface area contributed by atoms with Crippen molar-refractivity contribution in [3.63, 3.8) is 0 Å². The number of carbonyl (C=O) groups excluding carboxylic acids is 1. The number of unbranched alkanes of at least 4 members (excludes halogenated alkanes) is 2. The minimum absolute atomic E-state index is 0.155. The summed E-state index contributed by atoms with van der Waals surface area (Å²) in [4.78, 5) is 12.0. The van der Waals surface area contributed by atoms with Crippen molar-refractivity contribution in [2.24, 2.45) is 0 Å². The zero-order valence-electron chi connectivity index (χ0n) is 16.6. The van der Waals surface area contributed by atoms with Crippen LogP contribution in [0.5, 0.6) is 17.2 Å². The molecule has 2 N–H and O–H groups in total. The van der Waals surface area contributed by atoms with Crippen molar-refractivity contribution in [3.05, 3.63) is 59.7 Å². The first kappa shape index (κ1) is 21.4. The van der Waals surface area contributed by atoms with Crippen LogP contribution in [0, 0.1) is 0 Å². The second-order valence-corrected chi connectivity index (χ2v) is 6.51. The van der Waals surface area contributed by atoms with Crippen molar-refractivity contribution < 1.29 is 19.4 Å². The molecule has 2 aromatic rings. The third-order valence-electron chi connectivity index (χ3n) is 4.27. The topological polar surface area (TPSA) is 67.8 Å². The van der Waals surface area contributed by atoms with Crippen molar-refractivity contribution in [1.29, 1.82) is 0 Å². The average molecular weight is 383 g/mol. The summed E-state index contributed by atoms with van der Waals surface area (Å²) >= 11 is 0. The van der Waals surface area contributed by atoms with E-state index in [1.165, 1.54) is 6.08 Å². The molecule has 0 spiro atoms. The maximum Gasteiger partial charge on any atom is 0.244 e. The monoisotopic (exact) mass is 383 g/mol. The third kappa shape index (κ3) is 7.35. The van der Waals surface area contributed by atoms with Gasteiger partial charge >= 0.3 is 0 Å². The fourth-order valence-corrected chi connectivity index (χ4v) is 2.66. The van der Waals surface area contributed by atoms with Gasteiger partial charge in [-0.25, -0.2) is 0 Å². The lowest BCUT2D eigenvalue weighted by Crippen LogP contribution is -2.23. The molecule has 1 amide bonds. The molecule has 0 aliphatic rings. The lowest BCUT2D eigenvalue weighted by Gasteiger charge is -2.11. The number of nitrogens with one attached hydrogen (secondary N) is 1. The van der Waals surface area contributed by atoms with E-state index in [4.69, 9.17) is 9.47 Å². The van der Waals surface area contributed by atoms with Gasteiger partial charge in [0, 0.05) is 12.6 Å². The van der Waals surface area contributed by atoms with Crippen molar-refractivity contribution in [3.8, 4) is 17.2 Å². The van der Waals surface area contributed by atoms with Crippen LogP contribution in [0.25, 0.3) is 6.08 Å². The van der Waals surface area contributed by atoms with Crippen molar-refractivity contribution in [2.45, 2.75) is 32.6 Å². The van der Waals surface area contributed by atoms with Gasteiger partial charge in [0.15, 0.2) is 11.5 Å². The second-order valence-electron chi connectivity index (χ2n) is 6.51. The molecule has 0 aromatic heterocycles. The van der Waals surface area contributed by atoms with Gasteiger partial charge in [-0.3, -0.25) is 4.79 Å². The average Bonchev–Trinajstić information content (AvgIpc) is 2.71. The quantitative estimate of drug-likeness (QED) is 0.447. The Labute approximate surface area is 167 Å². The van der Waals surface area contributed by atoms with E-state index in [9.17, 15) is 9.90 Å². The number of ether oxygens (including phenoxy) is 2. The third-order valence-corrected chi connectivity index (χ3v) is 4.27. The van der Waals surface area contributed by atoms with Crippen LogP contribution in [-0.4, -0.2) is 31.3 Å². The van der Waals surface area contributed by atoms with Gasteiger partial charge in [-0.15, -0.1) is 0 Å². The van der Waals surface area contributed by atoms with Crippen LogP contribution < -0.4 is 14.8 Å². The molecule has 2 rings (SSSR count). The van der Waals surface area contributed by atoms with Gasteiger partial charge in [-0.05, 0) is 54.3 Å². The largest absolute Gasteiger partial charge is 0.508 e. The van der Waals surface area contributed by atoms with Gasteiger partial charge in [0.1, 0.15) is 5.75 Å². The molecule has 0 saturated carbocycles. The molecule has 0 aliphatic heterocycles. The van der Waals surface area contributed by atoms with E-state index in [1.54, 1.807) is 25.3 Å². The van der Waals surface area contributed by atoms with Crippen LogP contribution in [0.4, 0.5) is 0 Å². The lowest BCUT2D eigenvalue weighted by atomic mass is 10.1. The van der Waals surface area contributed by atoms with E-state index in [0.717, 1.165) is 30.4 Å². The van der Waals surface area contributed by atoms with Crippen LogP contribution in [0.15, 0.2) is 48.5 Å². The Kier molecular flexibility index (Phi) is 8.92. The highest BCUT2D eigenvalue weighted by atomic mass is 16.5. The van der Waals surface area contributed by atoms with Gasteiger partial charge in [0.05, 0.1) is 13.7 Å². The predicted octanol–water partition coefficient (Wildman–Crippen LogP) is 4.34. The van der Waals surface area contributed by atoms with E-state index in [1.807, 2.05) is 30.3 Å². The number of phenols is 1. The smallest absolute Gasteiger partial charge is 0.244 e. The van der Waals surface area contributed by atoms with Crippen molar-refractivity contribution in [2.75, 3.05) is 20.3 Å². The fourth-order valence-electron chi connectivity index (χ4n) is 2.66. The van der Waals surface area contributed by atoms with Gasteiger partial charge in [0.25, 0.3) is 0 Å². The Balaban J connectivity index is 1.82. The first-order valence-corrected chi connectivity index (χ1v) is 9.67. The Morgan fingerprint density at radius 3 is 2.61 bits per heavy atom. The summed E-state index contributed by atoms with van der Waals surface area (Å²) < 4.78 is 11.2. The first-order valence-electron chi connectivity index (χ1n) is 9.67. The molecule has 2 aromatic carbocycles. The minimum atomic E-state index is -0.155. The maximum atomic E-state index is 12.0. The number of aromatic hydroxyl groups is 1. The van der Waals surface area contributed by atoms with E-state index < -0.39 is 0 Å². The molecule has 0 saturated heterocycles. The Morgan fingerprint density at radius 2 is 1.89 bits per heavy atom. The first-order chi connectivity index (χ1) is 13.6. The summed E-state index contributed by atoms with van der Waals surface area (Å²) in [7, 11) is 1.61. The summed E-state index contributed by atoms with van der Waals surface area (Å²) in [6.45, 7) is 3.36. The highest BCUT2D eigenvalue weighted by Crippen LogP contribution is 2.28. The molecule has 5 heteroatoms. The number of benzene rings is 2. The van der Waals surface area contributed by atoms with Crippen LogP contribution in [0.3, 0.4) is 0 Å². The number of hydrogen-bond donors (Lipinski definition) is 2. The lowest BCUT2D eigenvalue weighted by molar-refractivity contribution is -0.116. The van der Waals surface area contributed by atoms with Crippen LogP contribution >= 0.6 is 0 Å². The van der Waals surface area contributed by atoms with E-state index in [0.29, 0.717) is 31.1 Å². The van der Waals surface area contributed by atoms with Crippen LogP contribution in [0.2, 0.25) is 0 Å². The number of amides is 1.